The molecular formula is C20H23ClN4O3. The van der Waals surface area contributed by atoms with Gasteiger partial charge in [0.05, 0.1) is 0 Å². The van der Waals surface area contributed by atoms with Crippen molar-refractivity contribution in [3.63, 3.8) is 0 Å². The molecule has 28 heavy (non-hydrogen) atoms. The fraction of sp³-hybridized carbons (Fsp3) is 0.450. The number of amides is 4. The third kappa shape index (κ3) is 3.71. The molecular weight excluding hydrogens is 380 g/mol. The zero-order valence-corrected chi connectivity index (χ0v) is 16.3. The Balaban J connectivity index is 1.34. The number of carbonyl (C=O) groups excluding carboxylic acids is 3. The summed E-state index contributed by atoms with van der Waals surface area (Å²) in [4.78, 5) is 43.3. The summed E-state index contributed by atoms with van der Waals surface area (Å²) in [6, 6.07) is 4.59. The molecule has 2 fully saturated rings. The quantitative estimate of drug-likeness (QED) is 0.728. The van der Waals surface area contributed by atoms with Crippen molar-refractivity contribution in [1.82, 2.24) is 20.1 Å². The van der Waals surface area contributed by atoms with Gasteiger partial charge < -0.3 is 15.2 Å². The number of benzene rings is 1. The lowest BCUT2D eigenvalue weighted by Crippen LogP contribution is -2.34. The van der Waals surface area contributed by atoms with Gasteiger partial charge in [0.2, 0.25) is 5.91 Å². The number of halogens is 1. The van der Waals surface area contributed by atoms with Gasteiger partial charge in [-0.1, -0.05) is 11.6 Å². The summed E-state index contributed by atoms with van der Waals surface area (Å²) in [5.41, 5.74) is 1.97. The van der Waals surface area contributed by atoms with Crippen LogP contribution in [0, 0.1) is 0 Å². The van der Waals surface area contributed by atoms with Gasteiger partial charge in [0.1, 0.15) is 6.04 Å². The first-order chi connectivity index (χ1) is 13.5. The Kier molecular flexibility index (Phi) is 5.26. The van der Waals surface area contributed by atoms with E-state index in [1.54, 1.807) is 0 Å². The number of nitrogens with zero attached hydrogens (tertiary/aromatic N) is 2. The largest absolute Gasteiger partial charge is 0.361 e. The first kappa shape index (κ1) is 18.8. The second kappa shape index (κ2) is 7.83. The Morgan fingerprint density at radius 3 is 2.79 bits per heavy atom. The van der Waals surface area contributed by atoms with Gasteiger partial charge in [-0.05, 0) is 49.4 Å². The van der Waals surface area contributed by atoms with Gasteiger partial charge >= 0.3 is 6.03 Å². The molecule has 8 heteroatoms. The van der Waals surface area contributed by atoms with Crippen molar-refractivity contribution >= 4 is 40.3 Å². The van der Waals surface area contributed by atoms with Gasteiger partial charge in [0.25, 0.3) is 5.91 Å². The standard InChI is InChI=1S/C20H23ClN4O3/c21-14-3-4-16-15(11-14)13(12-22-16)7-10-25-19(27)17(23-20(25)28)5-6-18(26)24-8-1-2-9-24/h3-4,11-12,17,22H,1-2,5-10H2,(H,23,28)/t17-/m0/s1. The average Bonchev–Trinajstić information content (AvgIpc) is 3.39. The molecule has 0 bridgehead atoms. The fourth-order valence-corrected chi connectivity index (χ4v) is 4.14. The van der Waals surface area contributed by atoms with E-state index in [0.29, 0.717) is 24.4 Å². The number of imide groups is 1. The number of fused-ring (bicyclic) bond motifs is 1. The average molecular weight is 403 g/mol. The molecule has 2 N–H and O–H groups in total. The van der Waals surface area contributed by atoms with Crippen LogP contribution < -0.4 is 5.32 Å². The van der Waals surface area contributed by atoms with E-state index in [4.69, 9.17) is 11.6 Å². The number of urea groups is 1. The van der Waals surface area contributed by atoms with Crippen molar-refractivity contribution in [3.8, 4) is 0 Å². The molecule has 2 aromatic rings. The predicted octanol–water partition coefficient (Wildman–Crippen LogP) is 2.69. The number of rotatable bonds is 6. The first-order valence-electron chi connectivity index (χ1n) is 9.68. The first-order valence-corrected chi connectivity index (χ1v) is 10.1. The maximum absolute atomic E-state index is 12.6. The second-order valence-electron chi connectivity index (χ2n) is 7.37. The van der Waals surface area contributed by atoms with Crippen LogP contribution in [0.1, 0.15) is 31.2 Å². The van der Waals surface area contributed by atoms with E-state index in [2.05, 4.69) is 10.3 Å². The summed E-state index contributed by atoms with van der Waals surface area (Å²) >= 11 is 6.07. The van der Waals surface area contributed by atoms with Crippen LogP contribution in [0.4, 0.5) is 4.79 Å². The molecule has 148 valence electrons. The molecule has 3 heterocycles. The Morgan fingerprint density at radius 1 is 1.21 bits per heavy atom. The topological polar surface area (TPSA) is 85.5 Å². The minimum absolute atomic E-state index is 0.0636. The van der Waals surface area contributed by atoms with Gasteiger partial charge in [0.15, 0.2) is 0 Å². The lowest BCUT2D eigenvalue weighted by atomic mass is 10.1. The van der Waals surface area contributed by atoms with Gasteiger partial charge in [-0.3, -0.25) is 14.5 Å². The number of hydrogen-bond acceptors (Lipinski definition) is 3. The van der Waals surface area contributed by atoms with E-state index in [-0.39, 0.29) is 24.3 Å². The molecule has 2 aliphatic heterocycles. The number of aromatic amines is 1. The van der Waals surface area contributed by atoms with E-state index in [1.807, 2.05) is 29.3 Å². The second-order valence-corrected chi connectivity index (χ2v) is 7.81. The van der Waals surface area contributed by atoms with Crippen molar-refractivity contribution in [2.24, 2.45) is 0 Å². The molecule has 2 aliphatic rings. The van der Waals surface area contributed by atoms with Crippen LogP contribution in [0.5, 0.6) is 0 Å². The molecule has 0 aliphatic carbocycles. The van der Waals surface area contributed by atoms with Crippen LogP contribution >= 0.6 is 11.6 Å². The lowest BCUT2D eigenvalue weighted by Gasteiger charge is -2.16. The monoisotopic (exact) mass is 402 g/mol. The molecule has 2 saturated heterocycles. The van der Waals surface area contributed by atoms with Crippen molar-refractivity contribution in [2.45, 2.75) is 38.1 Å². The van der Waals surface area contributed by atoms with Gasteiger partial charge in [0, 0.05) is 48.2 Å². The Labute approximate surface area is 168 Å². The van der Waals surface area contributed by atoms with E-state index in [1.165, 1.54) is 4.90 Å². The highest BCUT2D eigenvalue weighted by molar-refractivity contribution is 6.31. The highest BCUT2D eigenvalue weighted by Crippen LogP contribution is 2.23. The summed E-state index contributed by atoms with van der Waals surface area (Å²) in [6.45, 7) is 1.88. The molecule has 4 rings (SSSR count). The molecule has 4 amide bonds. The molecule has 0 spiro atoms. The highest BCUT2D eigenvalue weighted by atomic mass is 35.5. The molecule has 1 aromatic carbocycles. The number of carbonyl (C=O) groups is 3. The Hall–Kier alpha value is -2.54. The Morgan fingerprint density at radius 2 is 2.00 bits per heavy atom. The van der Waals surface area contributed by atoms with Gasteiger partial charge in [-0.15, -0.1) is 0 Å². The SMILES string of the molecule is O=C(CC[C@@H]1NC(=O)N(CCc2c[nH]c3ccc(Cl)cc23)C1=O)N1CCCC1. The fourth-order valence-electron chi connectivity index (χ4n) is 3.97. The van der Waals surface area contributed by atoms with Crippen LogP contribution in [0.15, 0.2) is 24.4 Å². The normalized spacial score (nSPS) is 19.7. The maximum atomic E-state index is 12.6. The summed E-state index contributed by atoms with van der Waals surface area (Å²) in [5.74, 6) is -0.189. The van der Waals surface area contributed by atoms with Crippen molar-refractivity contribution in [2.75, 3.05) is 19.6 Å². The highest BCUT2D eigenvalue weighted by Gasteiger charge is 2.37. The van der Waals surface area contributed by atoms with Crippen LogP contribution in [-0.2, 0) is 16.0 Å². The number of nitrogens with one attached hydrogen (secondary N) is 2. The number of H-pyrrole nitrogens is 1. The summed E-state index contributed by atoms with van der Waals surface area (Å²) in [6.07, 6.45) is 5.13. The van der Waals surface area contributed by atoms with E-state index in [0.717, 1.165) is 42.4 Å². The van der Waals surface area contributed by atoms with Crippen LogP contribution in [-0.4, -0.2) is 58.3 Å². The predicted molar refractivity (Wildman–Crippen MR) is 106 cm³/mol. The summed E-state index contributed by atoms with van der Waals surface area (Å²) in [5, 5.41) is 4.35. The minimum atomic E-state index is -0.614. The van der Waals surface area contributed by atoms with E-state index >= 15 is 0 Å². The zero-order chi connectivity index (χ0) is 19.7. The van der Waals surface area contributed by atoms with E-state index < -0.39 is 6.04 Å². The van der Waals surface area contributed by atoms with Crippen molar-refractivity contribution in [3.05, 3.63) is 35.0 Å². The maximum Gasteiger partial charge on any atom is 0.324 e. The van der Waals surface area contributed by atoms with Crippen molar-refractivity contribution < 1.29 is 14.4 Å². The number of aromatic nitrogens is 1. The van der Waals surface area contributed by atoms with Gasteiger partial charge in [-0.2, -0.15) is 0 Å². The molecule has 0 saturated carbocycles. The third-order valence-corrected chi connectivity index (χ3v) is 5.78. The Bertz CT molecular complexity index is 919. The summed E-state index contributed by atoms with van der Waals surface area (Å²) in [7, 11) is 0. The molecule has 0 radical (unpaired) electrons. The molecule has 7 nitrogen and oxygen atoms in total. The van der Waals surface area contributed by atoms with Crippen LogP contribution in [0.3, 0.4) is 0 Å². The van der Waals surface area contributed by atoms with Crippen LogP contribution in [0.2, 0.25) is 5.02 Å². The summed E-state index contributed by atoms with van der Waals surface area (Å²) < 4.78 is 0. The van der Waals surface area contributed by atoms with Crippen LogP contribution in [0.25, 0.3) is 10.9 Å². The molecule has 1 atom stereocenters. The zero-order valence-electron chi connectivity index (χ0n) is 15.5. The number of hydrogen-bond donors (Lipinski definition) is 2. The minimum Gasteiger partial charge on any atom is -0.361 e. The number of likely N-dealkylation sites (tertiary alicyclic amines) is 1. The van der Waals surface area contributed by atoms with E-state index in [9.17, 15) is 14.4 Å². The lowest BCUT2D eigenvalue weighted by molar-refractivity contribution is -0.131. The smallest absolute Gasteiger partial charge is 0.324 e. The third-order valence-electron chi connectivity index (χ3n) is 5.55. The van der Waals surface area contributed by atoms with Crippen molar-refractivity contribution in [1.29, 1.82) is 0 Å². The van der Waals surface area contributed by atoms with Gasteiger partial charge in [-0.25, -0.2) is 4.79 Å². The molecule has 0 unspecified atom stereocenters. The molecule has 1 aromatic heterocycles.